The highest BCUT2D eigenvalue weighted by molar-refractivity contribution is 7.85. The number of halogens is 1. The van der Waals surface area contributed by atoms with Gasteiger partial charge in [-0.1, -0.05) is 11.6 Å². The van der Waals surface area contributed by atoms with Crippen molar-refractivity contribution in [3.8, 4) is 0 Å². The molecule has 0 spiro atoms. The van der Waals surface area contributed by atoms with Crippen molar-refractivity contribution < 1.29 is 4.21 Å². The third-order valence-electron chi connectivity index (χ3n) is 0.857. The molecule has 0 aliphatic heterocycles. The topological polar surface area (TPSA) is 54.9 Å². The third kappa shape index (κ3) is 2.81. The van der Waals surface area contributed by atoms with Gasteiger partial charge in [0, 0.05) is 12.5 Å². The fraction of sp³-hybridized carbons (Fsp3) is 0.200. The summed E-state index contributed by atoms with van der Waals surface area (Å²) in [5.41, 5.74) is 0. The van der Waals surface area contributed by atoms with Gasteiger partial charge in [-0.05, 0) is 6.07 Å². The Morgan fingerprint density at radius 2 is 2.45 bits per heavy atom. The summed E-state index contributed by atoms with van der Waals surface area (Å²) in [6.07, 6.45) is 2.98. The highest BCUT2D eigenvalue weighted by Crippen LogP contribution is 2.05. The molecule has 1 heterocycles. The second-order valence-electron chi connectivity index (χ2n) is 1.76. The molecule has 0 aromatic carbocycles. The van der Waals surface area contributed by atoms with Gasteiger partial charge in [-0.15, -0.1) is 0 Å². The average molecular weight is 192 g/mol. The summed E-state index contributed by atoms with van der Waals surface area (Å²) in [4.78, 5) is 7.54. The number of aromatic nitrogens is 2. The van der Waals surface area contributed by atoms with E-state index in [9.17, 15) is 4.21 Å². The van der Waals surface area contributed by atoms with Crippen LogP contribution in [0.5, 0.6) is 0 Å². The Kier molecular flexibility index (Phi) is 2.78. The third-order valence-corrected chi connectivity index (χ3v) is 1.54. The second-order valence-corrected chi connectivity index (χ2v) is 3.26. The highest BCUT2D eigenvalue weighted by atomic mass is 35.5. The van der Waals surface area contributed by atoms with Crippen molar-refractivity contribution in [3.05, 3.63) is 17.4 Å². The van der Waals surface area contributed by atoms with E-state index in [-0.39, 0.29) is 5.95 Å². The lowest BCUT2D eigenvalue weighted by atomic mass is 10.7. The number of hydrogen-bond donors (Lipinski definition) is 1. The van der Waals surface area contributed by atoms with E-state index >= 15 is 0 Å². The summed E-state index contributed by atoms with van der Waals surface area (Å²) in [6, 6.07) is 1.55. The van der Waals surface area contributed by atoms with E-state index in [1.54, 1.807) is 6.07 Å². The fourth-order valence-electron chi connectivity index (χ4n) is 0.514. The van der Waals surface area contributed by atoms with Gasteiger partial charge in [0.25, 0.3) is 0 Å². The molecule has 4 nitrogen and oxygen atoms in total. The van der Waals surface area contributed by atoms with Crippen LogP contribution in [0.3, 0.4) is 0 Å². The van der Waals surface area contributed by atoms with E-state index in [0.29, 0.717) is 5.15 Å². The van der Waals surface area contributed by atoms with Crippen LogP contribution < -0.4 is 4.72 Å². The van der Waals surface area contributed by atoms with Crippen LogP contribution in [0.1, 0.15) is 0 Å². The Morgan fingerprint density at radius 3 is 3.00 bits per heavy atom. The maximum absolute atomic E-state index is 10.6. The number of rotatable bonds is 2. The molecule has 1 atom stereocenters. The Morgan fingerprint density at radius 1 is 1.73 bits per heavy atom. The molecule has 1 aromatic rings. The van der Waals surface area contributed by atoms with E-state index in [1.807, 2.05) is 0 Å². The molecule has 0 bridgehead atoms. The first-order valence-electron chi connectivity index (χ1n) is 2.77. The van der Waals surface area contributed by atoms with Gasteiger partial charge in [-0.25, -0.2) is 14.2 Å². The van der Waals surface area contributed by atoms with Gasteiger partial charge in [-0.3, -0.25) is 4.72 Å². The van der Waals surface area contributed by atoms with E-state index in [0.717, 1.165) is 0 Å². The lowest BCUT2D eigenvalue weighted by Gasteiger charge is -1.98. The molecule has 0 saturated carbocycles. The predicted molar refractivity (Wildman–Crippen MR) is 44.7 cm³/mol. The Balaban J connectivity index is 2.79. The smallest absolute Gasteiger partial charge is 0.236 e. The SMILES string of the molecule is CS(=O)Nc1nccc(Cl)n1. The van der Waals surface area contributed by atoms with Crippen LogP contribution >= 0.6 is 11.6 Å². The van der Waals surface area contributed by atoms with Crippen molar-refractivity contribution in [2.24, 2.45) is 0 Å². The van der Waals surface area contributed by atoms with Crippen molar-refractivity contribution >= 4 is 28.5 Å². The van der Waals surface area contributed by atoms with Gasteiger partial charge in [0.05, 0.1) is 0 Å². The van der Waals surface area contributed by atoms with Gasteiger partial charge in [0.15, 0.2) is 0 Å². The first-order chi connectivity index (χ1) is 5.18. The van der Waals surface area contributed by atoms with Gasteiger partial charge in [0.2, 0.25) is 5.95 Å². The minimum atomic E-state index is -1.16. The number of nitrogens with one attached hydrogen (secondary N) is 1. The van der Waals surface area contributed by atoms with E-state index in [2.05, 4.69) is 14.7 Å². The molecule has 0 aliphatic rings. The van der Waals surface area contributed by atoms with Gasteiger partial charge >= 0.3 is 0 Å². The van der Waals surface area contributed by atoms with Gasteiger partial charge < -0.3 is 0 Å². The fourth-order valence-corrected chi connectivity index (χ4v) is 1.01. The van der Waals surface area contributed by atoms with Crippen LogP contribution in [0.25, 0.3) is 0 Å². The lowest BCUT2D eigenvalue weighted by Crippen LogP contribution is -2.04. The average Bonchev–Trinajstić information content (AvgIpc) is 1.85. The Labute approximate surface area is 71.6 Å². The van der Waals surface area contributed by atoms with Crippen LogP contribution in [0, 0.1) is 0 Å². The molecule has 1 unspecified atom stereocenters. The van der Waals surface area contributed by atoms with Crippen LogP contribution in [0.2, 0.25) is 5.15 Å². The molecular weight excluding hydrogens is 186 g/mol. The minimum Gasteiger partial charge on any atom is -0.273 e. The zero-order valence-corrected chi connectivity index (χ0v) is 7.32. The van der Waals surface area contributed by atoms with Crippen LogP contribution in [-0.4, -0.2) is 20.4 Å². The molecular formula is C5H6ClN3OS. The lowest BCUT2D eigenvalue weighted by molar-refractivity contribution is 0.689. The summed E-state index contributed by atoms with van der Waals surface area (Å²) in [7, 11) is -1.16. The zero-order valence-electron chi connectivity index (χ0n) is 5.74. The van der Waals surface area contributed by atoms with Crippen molar-refractivity contribution in [2.45, 2.75) is 0 Å². The quantitative estimate of drug-likeness (QED) is 0.705. The number of anilines is 1. The largest absolute Gasteiger partial charge is 0.273 e. The summed E-state index contributed by atoms with van der Waals surface area (Å²) in [5.74, 6) is 0.276. The zero-order chi connectivity index (χ0) is 8.27. The summed E-state index contributed by atoms with van der Waals surface area (Å²) >= 11 is 5.54. The monoisotopic (exact) mass is 191 g/mol. The highest BCUT2D eigenvalue weighted by Gasteiger charge is 1.96. The molecule has 0 fully saturated rings. The molecule has 0 amide bonds. The number of nitrogens with zero attached hydrogens (tertiary/aromatic N) is 2. The van der Waals surface area contributed by atoms with E-state index in [4.69, 9.17) is 11.6 Å². The van der Waals surface area contributed by atoms with Crippen molar-refractivity contribution in [2.75, 3.05) is 11.0 Å². The molecule has 0 aliphatic carbocycles. The Bertz CT molecular complexity index is 280. The van der Waals surface area contributed by atoms with E-state index in [1.165, 1.54) is 12.5 Å². The summed E-state index contributed by atoms with van der Waals surface area (Å²) < 4.78 is 13.1. The van der Waals surface area contributed by atoms with Crippen molar-refractivity contribution in [1.29, 1.82) is 0 Å². The van der Waals surface area contributed by atoms with Gasteiger partial charge in [-0.2, -0.15) is 0 Å². The molecule has 1 aromatic heterocycles. The normalized spacial score (nSPS) is 12.5. The predicted octanol–water partition coefficient (Wildman–Crippen LogP) is 0.835. The maximum Gasteiger partial charge on any atom is 0.236 e. The number of hydrogen-bond acceptors (Lipinski definition) is 3. The van der Waals surface area contributed by atoms with Crippen LogP contribution in [-0.2, 0) is 11.0 Å². The minimum absolute atomic E-state index is 0.276. The molecule has 1 N–H and O–H groups in total. The van der Waals surface area contributed by atoms with Crippen LogP contribution in [0.4, 0.5) is 5.95 Å². The maximum atomic E-state index is 10.6. The molecule has 11 heavy (non-hydrogen) atoms. The molecule has 6 heteroatoms. The standard InChI is InChI=1S/C5H6ClN3OS/c1-11(10)9-5-7-3-2-4(6)8-5/h2-3H,1H3,(H,7,8,9). The van der Waals surface area contributed by atoms with Crippen molar-refractivity contribution in [1.82, 2.24) is 9.97 Å². The van der Waals surface area contributed by atoms with E-state index < -0.39 is 11.0 Å². The van der Waals surface area contributed by atoms with Crippen molar-refractivity contribution in [3.63, 3.8) is 0 Å². The molecule has 0 saturated heterocycles. The summed E-state index contributed by atoms with van der Waals surface area (Å²) in [6.45, 7) is 0. The first-order valence-corrected chi connectivity index (χ1v) is 4.71. The molecule has 60 valence electrons. The Hall–Kier alpha value is -0.680. The molecule has 1 rings (SSSR count). The van der Waals surface area contributed by atoms with Gasteiger partial charge in [0.1, 0.15) is 16.1 Å². The van der Waals surface area contributed by atoms with Crippen LogP contribution in [0.15, 0.2) is 12.3 Å². The summed E-state index contributed by atoms with van der Waals surface area (Å²) in [5, 5.41) is 0.327. The molecule has 0 radical (unpaired) electrons. The first kappa shape index (κ1) is 8.42. The second kappa shape index (κ2) is 3.64.